The Kier molecular flexibility index (Phi) is 4.56. The third kappa shape index (κ3) is 3.14. The second kappa shape index (κ2) is 5.92. The highest BCUT2D eigenvalue weighted by Crippen LogP contribution is 2.22. The molecular weight excluding hydrogens is 238 g/mol. The van der Waals surface area contributed by atoms with E-state index in [0.29, 0.717) is 5.56 Å². The minimum absolute atomic E-state index is 0.0668. The molecule has 1 aromatic carbocycles. The molecule has 1 aromatic rings. The number of benzene rings is 1. The van der Waals surface area contributed by atoms with E-state index in [4.69, 9.17) is 0 Å². The molecule has 0 fully saturated rings. The first kappa shape index (κ1) is 13.9. The molecule has 0 saturated carbocycles. The molecule has 0 saturated heterocycles. The van der Waals surface area contributed by atoms with Crippen molar-refractivity contribution in [3.63, 3.8) is 0 Å². The van der Waals surface area contributed by atoms with Gasteiger partial charge in [-0.15, -0.1) is 0 Å². The van der Waals surface area contributed by atoms with Gasteiger partial charge in [0.05, 0.1) is 11.5 Å². The van der Waals surface area contributed by atoms with Gasteiger partial charge >= 0.3 is 5.97 Å². The highest BCUT2D eigenvalue weighted by atomic mass is 16.6. The smallest absolute Gasteiger partial charge is 0.339 e. The maximum Gasteiger partial charge on any atom is 0.339 e. The van der Waals surface area contributed by atoms with Crippen molar-refractivity contribution in [2.45, 2.75) is 13.0 Å². The summed E-state index contributed by atoms with van der Waals surface area (Å²) < 4.78 is 4.64. The standard InChI is InChI=1S/C12H13NO5/c1-3-18-12(15)11(14)8(2)9-5-4-6-10(7-9)13(16)17/h4-7,11,14H,2-3H2,1H3. The predicted molar refractivity (Wildman–Crippen MR) is 64.8 cm³/mol. The molecular formula is C12H13NO5. The molecule has 0 amide bonds. The van der Waals surface area contributed by atoms with E-state index in [2.05, 4.69) is 11.3 Å². The maximum absolute atomic E-state index is 11.3. The van der Waals surface area contributed by atoms with Gasteiger partial charge in [-0.3, -0.25) is 10.1 Å². The number of aliphatic hydroxyl groups excluding tert-OH is 1. The van der Waals surface area contributed by atoms with E-state index < -0.39 is 17.0 Å². The molecule has 0 spiro atoms. The number of carbonyl (C=O) groups is 1. The first-order chi connectivity index (χ1) is 8.47. The molecule has 0 heterocycles. The molecule has 0 aromatic heterocycles. The van der Waals surface area contributed by atoms with Crippen LogP contribution >= 0.6 is 0 Å². The van der Waals surface area contributed by atoms with Crippen molar-refractivity contribution in [1.29, 1.82) is 0 Å². The van der Waals surface area contributed by atoms with Gasteiger partial charge in [-0.05, 0) is 18.1 Å². The minimum Gasteiger partial charge on any atom is -0.464 e. The second-order valence-electron chi connectivity index (χ2n) is 3.49. The van der Waals surface area contributed by atoms with Crippen LogP contribution in [0.1, 0.15) is 12.5 Å². The normalized spacial score (nSPS) is 11.7. The number of carbonyl (C=O) groups excluding carboxylic acids is 1. The van der Waals surface area contributed by atoms with Gasteiger partial charge in [0, 0.05) is 12.1 Å². The molecule has 18 heavy (non-hydrogen) atoms. The van der Waals surface area contributed by atoms with E-state index in [0.717, 1.165) is 0 Å². The zero-order valence-corrected chi connectivity index (χ0v) is 9.83. The van der Waals surface area contributed by atoms with E-state index in [1.807, 2.05) is 0 Å². The summed E-state index contributed by atoms with van der Waals surface area (Å²) in [5.41, 5.74) is 0.256. The number of nitro groups is 1. The fourth-order valence-electron chi connectivity index (χ4n) is 1.34. The van der Waals surface area contributed by atoms with E-state index in [-0.39, 0.29) is 17.9 Å². The molecule has 0 aliphatic rings. The lowest BCUT2D eigenvalue weighted by Crippen LogP contribution is -2.24. The first-order valence-corrected chi connectivity index (χ1v) is 5.25. The van der Waals surface area contributed by atoms with Gasteiger partial charge in [0.25, 0.3) is 5.69 Å². The summed E-state index contributed by atoms with van der Waals surface area (Å²) >= 11 is 0. The Bertz CT molecular complexity index is 483. The third-order valence-electron chi connectivity index (χ3n) is 2.27. The molecule has 1 rings (SSSR count). The van der Waals surface area contributed by atoms with Crippen molar-refractivity contribution in [3.8, 4) is 0 Å². The predicted octanol–water partition coefficient (Wildman–Crippen LogP) is 1.53. The van der Waals surface area contributed by atoms with Gasteiger partial charge in [-0.2, -0.15) is 0 Å². The summed E-state index contributed by atoms with van der Waals surface area (Å²) in [4.78, 5) is 21.4. The Morgan fingerprint density at radius 2 is 2.28 bits per heavy atom. The van der Waals surface area contributed by atoms with E-state index >= 15 is 0 Å². The molecule has 6 nitrogen and oxygen atoms in total. The SMILES string of the molecule is C=C(c1cccc([N+](=O)[O-])c1)C(O)C(=O)OCC. The number of esters is 1. The van der Waals surface area contributed by atoms with Gasteiger partial charge < -0.3 is 9.84 Å². The van der Waals surface area contributed by atoms with Crippen molar-refractivity contribution < 1.29 is 19.6 Å². The maximum atomic E-state index is 11.3. The Hall–Kier alpha value is -2.21. The van der Waals surface area contributed by atoms with Gasteiger partial charge in [0.2, 0.25) is 0 Å². The van der Waals surface area contributed by atoms with Crippen LogP contribution in [0, 0.1) is 10.1 Å². The fraction of sp³-hybridized carbons (Fsp3) is 0.250. The molecule has 0 bridgehead atoms. The van der Waals surface area contributed by atoms with Crippen molar-refractivity contribution in [1.82, 2.24) is 0 Å². The number of nitrogens with zero attached hydrogens (tertiary/aromatic N) is 1. The summed E-state index contributed by atoms with van der Waals surface area (Å²) in [6.45, 7) is 5.30. The van der Waals surface area contributed by atoms with Crippen molar-refractivity contribution in [3.05, 3.63) is 46.5 Å². The summed E-state index contributed by atoms with van der Waals surface area (Å²) in [5.74, 6) is -0.825. The summed E-state index contributed by atoms with van der Waals surface area (Å²) in [6.07, 6.45) is -1.52. The number of hydrogen-bond donors (Lipinski definition) is 1. The van der Waals surface area contributed by atoms with Gasteiger partial charge in [0.1, 0.15) is 0 Å². The quantitative estimate of drug-likeness (QED) is 0.487. The molecule has 1 unspecified atom stereocenters. The van der Waals surface area contributed by atoms with Crippen molar-refractivity contribution in [2.24, 2.45) is 0 Å². The fourth-order valence-corrected chi connectivity index (χ4v) is 1.34. The lowest BCUT2D eigenvalue weighted by atomic mass is 10.0. The van der Waals surface area contributed by atoms with Crippen molar-refractivity contribution >= 4 is 17.2 Å². The van der Waals surface area contributed by atoms with Crippen LogP contribution in [0.4, 0.5) is 5.69 Å². The van der Waals surface area contributed by atoms with Crippen LogP contribution in [0.15, 0.2) is 30.8 Å². The van der Waals surface area contributed by atoms with E-state index in [9.17, 15) is 20.0 Å². The van der Waals surface area contributed by atoms with Crippen LogP contribution in [0.25, 0.3) is 5.57 Å². The molecule has 1 N–H and O–H groups in total. The van der Waals surface area contributed by atoms with Crippen LogP contribution < -0.4 is 0 Å². The average Bonchev–Trinajstić information content (AvgIpc) is 2.37. The lowest BCUT2D eigenvalue weighted by molar-refractivity contribution is -0.384. The summed E-state index contributed by atoms with van der Waals surface area (Å²) in [6, 6.07) is 5.53. The minimum atomic E-state index is -1.52. The molecule has 0 aliphatic heterocycles. The number of ether oxygens (including phenoxy) is 1. The molecule has 96 valence electrons. The lowest BCUT2D eigenvalue weighted by Gasteiger charge is -2.12. The van der Waals surface area contributed by atoms with Gasteiger partial charge in [-0.25, -0.2) is 4.79 Å². The van der Waals surface area contributed by atoms with E-state index in [1.54, 1.807) is 6.92 Å². The monoisotopic (exact) mass is 251 g/mol. The number of aliphatic hydroxyl groups is 1. The average molecular weight is 251 g/mol. The molecule has 0 radical (unpaired) electrons. The molecule has 0 aliphatic carbocycles. The number of nitro benzene ring substituents is 1. The van der Waals surface area contributed by atoms with Gasteiger partial charge in [0.15, 0.2) is 6.10 Å². The zero-order chi connectivity index (χ0) is 13.7. The molecule has 1 atom stereocenters. The highest BCUT2D eigenvalue weighted by Gasteiger charge is 2.21. The Morgan fingerprint density at radius 1 is 1.61 bits per heavy atom. The van der Waals surface area contributed by atoms with Gasteiger partial charge in [-0.1, -0.05) is 18.7 Å². The summed E-state index contributed by atoms with van der Waals surface area (Å²) in [7, 11) is 0. The largest absolute Gasteiger partial charge is 0.464 e. The number of hydrogen-bond acceptors (Lipinski definition) is 5. The Labute approximate surface area is 104 Å². The Morgan fingerprint density at radius 3 is 2.83 bits per heavy atom. The third-order valence-corrected chi connectivity index (χ3v) is 2.27. The number of rotatable bonds is 5. The topological polar surface area (TPSA) is 89.7 Å². The first-order valence-electron chi connectivity index (χ1n) is 5.25. The Balaban J connectivity index is 2.93. The second-order valence-corrected chi connectivity index (χ2v) is 3.49. The summed E-state index contributed by atoms with van der Waals surface area (Å²) in [5, 5.41) is 20.3. The van der Waals surface area contributed by atoms with Crippen LogP contribution in [-0.4, -0.2) is 28.7 Å². The highest BCUT2D eigenvalue weighted by molar-refractivity contribution is 5.90. The van der Waals surface area contributed by atoms with Crippen LogP contribution in [0.5, 0.6) is 0 Å². The van der Waals surface area contributed by atoms with E-state index in [1.165, 1.54) is 24.3 Å². The zero-order valence-electron chi connectivity index (χ0n) is 9.83. The van der Waals surface area contributed by atoms with Crippen LogP contribution in [0.3, 0.4) is 0 Å². The molecule has 6 heteroatoms. The van der Waals surface area contributed by atoms with Crippen molar-refractivity contribution in [2.75, 3.05) is 6.61 Å². The number of non-ortho nitro benzene ring substituents is 1. The van der Waals surface area contributed by atoms with Crippen LogP contribution in [0.2, 0.25) is 0 Å². The van der Waals surface area contributed by atoms with Crippen LogP contribution in [-0.2, 0) is 9.53 Å².